The van der Waals surface area contributed by atoms with Gasteiger partial charge in [0, 0.05) is 12.2 Å². The standard InChI is InChI=1S/C10H16N2O3S/c11-10-3-1-2-9(8-10)4-5-12-6-7-16(13,14)15/h1-3,8,12H,4-7,11H2,(H,13,14,15). The van der Waals surface area contributed by atoms with Crippen LogP contribution in [0.25, 0.3) is 0 Å². The lowest BCUT2D eigenvalue weighted by molar-refractivity contribution is 0.480. The molecule has 0 radical (unpaired) electrons. The van der Waals surface area contributed by atoms with Crippen molar-refractivity contribution in [2.24, 2.45) is 0 Å². The van der Waals surface area contributed by atoms with Crippen LogP contribution in [-0.2, 0) is 16.5 Å². The number of hydrogen-bond acceptors (Lipinski definition) is 4. The number of rotatable bonds is 6. The molecule has 0 aromatic heterocycles. The van der Waals surface area contributed by atoms with Crippen LogP contribution in [0.5, 0.6) is 0 Å². The normalized spacial score (nSPS) is 11.6. The van der Waals surface area contributed by atoms with Crippen LogP contribution in [0.2, 0.25) is 0 Å². The Hall–Kier alpha value is -1.11. The molecule has 0 heterocycles. The van der Waals surface area contributed by atoms with Gasteiger partial charge >= 0.3 is 0 Å². The van der Waals surface area contributed by atoms with E-state index in [1.54, 1.807) is 0 Å². The third-order valence-corrected chi connectivity index (χ3v) is 2.80. The summed E-state index contributed by atoms with van der Waals surface area (Å²) in [6, 6.07) is 7.53. The van der Waals surface area contributed by atoms with Gasteiger partial charge in [0.25, 0.3) is 10.1 Å². The van der Waals surface area contributed by atoms with E-state index >= 15 is 0 Å². The zero-order chi connectivity index (χ0) is 12.0. The van der Waals surface area contributed by atoms with Crippen LogP contribution in [-0.4, -0.2) is 31.8 Å². The Morgan fingerprint density at radius 3 is 2.69 bits per heavy atom. The van der Waals surface area contributed by atoms with Crippen LogP contribution in [0, 0.1) is 0 Å². The molecule has 5 nitrogen and oxygen atoms in total. The summed E-state index contributed by atoms with van der Waals surface area (Å²) >= 11 is 0. The van der Waals surface area contributed by atoms with Crippen molar-refractivity contribution < 1.29 is 13.0 Å². The molecule has 1 aromatic rings. The Labute approximate surface area is 95.4 Å². The number of nitrogens with two attached hydrogens (primary N) is 1. The highest BCUT2D eigenvalue weighted by molar-refractivity contribution is 7.85. The first-order valence-electron chi connectivity index (χ1n) is 4.98. The maximum atomic E-state index is 10.4. The first-order chi connectivity index (χ1) is 7.47. The Balaban J connectivity index is 2.21. The van der Waals surface area contributed by atoms with Gasteiger partial charge in [-0.05, 0) is 30.7 Å². The van der Waals surface area contributed by atoms with Crippen molar-refractivity contribution in [1.82, 2.24) is 5.32 Å². The van der Waals surface area contributed by atoms with Crippen LogP contribution in [0.1, 0.15) is 5.56 Å². The zero-order valence-corrected chi connectivity index (χ0v) is 9.70. The van der Waals surface area contributed by atoms with Gasteiger partial charge in [0.1, 0.15) is 0 Å². The quantitative estimate of drug-likeness (QED) is 0.380. The number of benzene rings is 1. The van der Waals surface area contributed by atoms with Gasteiger partial charge in [0.2, 0.25) is 0 Å². The molecule has 16 heavy (non-hydrogen) atoms. The van der Waals surface area contributed by atoms with E-state index in [0.717, 1.165) is 17.7 Å². The summed E-state index contributed by atoms with van der Waals surface area (Å²) in [5, 5.41) is 2.93. The molecular formula is C10H16N2O3S. The second-order valence-corrected chi connectivity index (χ2v) is 5.10. The summed E-state index contributed by atoms with van der Waals surface area (Å²) in [7, 11) is -3.86. The zero-order valence-electron chi connectivity index (χ0n) is 8.89. The van der Waals surface area contributed by atoms with E-state index in [-0.39, 0.29) is 12.3 Å². The highest BCUT2D eigenvalue weighted by Crippen LogP contribution is 2.06. The van der Waals surface area contributed by atoms with Crippen LogP contribution in [0.4, 0.5) is 5.69 Å². The van der Waals surface area contributed by atoms with Crippen molar-refractivity contribution >= 4 is 15.8 Å². The first-order valence-corrected chi connectivity index (χ1v) is 6.58. The lowest BCUT2D eigenvalue weighted by Crippen LogP contribution is -2.24. The first kappa shape index (κ1) is 13.0. The maximum absolute atomic E-state index is 10.4. The molecule has 0 atom stereocenters. The lowest BCUT2D eigenvalue weighted by atomic mass is 10.1. The summed E-state index contributed by atoms with van der Waals surface area (Å²) in [4.78, 5) is 0. The molecule has 0 spiro atoms. The molecule has 4 N–H and O–H groups in total. The van der Waals surface area contributed by atoms with Gasteiger partial charge in [-0.1, -0.05) is 12.1 Å². The van der Waals surface area contributed by atoms with E-state index in [9.17, 15) is 8.42 Å². The minimum Gasteiger partial charge on any atom is -0.399 e. The van der Waals surface area contributed by atoms with Crippen LogP contribution in [0.15, 0.2) is 24.3 Å². The molecule has 0 bridgehead atoms. The van der Waals surface area contributed by atoms with E-state index in [1.807, 2.05) is 24.3 Å². The number of nitrogens with one attached hydrogen (secondary N) is 1. The minimum atomic E-state index is -3.86. The van der Waals surface area contributed by atoms with Gasteiger partial charge < -0.3 is 11.1 Å². The minimum absolute atomic E-state index is 0.251. The molecule has 0 saturated heterocycles. The second kappa shape index (κ2) is 5.83. The predicted octanol–water partition coefficient (Wildman–Crippen LogP) is 0.289. The van der Waals surface area contributed by atoms with Gasteiger partial charge in [0.05, 0.1) is 5.75 Å². The molecule has 0 aliphatic rings. The van der Waals surface area contributed by atoms with Crippen LogP contribution < -0.4 is 11.1 Å². The summed E-state index contributed by atoms with van der Waals surface area (Å²) in [6.45, 7) is 0.903. The summed E-state index contributed by atoms with van der Waals surface area (Å²) < 4.78 is 29.3. The molecular weight excluding hydrogens is 228 g/mol. The summed E-state index contributed by atoms with van der Waals surface area (Å²) in [5.41, 5.74) is 7.43. The Kier molecular flexibility index (Phi) is 4.72. The van der Waals surface area contributed by atoms with Gasteiger partial charge in [-0.15, -0.1) is 0 Å². The van der Waals surface area contributed by atoms with Gasteiger partial charge in [-0.25, -0.2) is 0 Å². The molecule has 0 unspecified atom stereocenters. The van der Waals surface area contributed by atoms with Crippen molar-refractivity contribution in [1.29, 1.82) is 0 Å². The van der Waals surface area contributed by atoms with Gasteiger partial charge in [0.15, 0.2) is 0 Å². The smallest absolute Gasteiger partial charge is 0.266 e. The summed E-state index contributed by atoms with van der Waals surface area (Å²) in [6.07, 6.45) is 0.774. The lowest BCUT2D eigenvalue weighted by Gasteiger charge is -2.04. The third-order valence-electron chi connectivity index (χ3n) is 2.08. The fourth-order valence-electron chi connectivity index (χ4n) is 1.31. The van der Waals surface area contributed by atoms with Crippen molar-refractivity contribution in [3.63, 3.8) is 0 Å². The SMILES string of the molecule is Nc1cccc(CCNCCS(=O)(=O)O)c1. The average Bonchev–Trinajstić information content (AvgIpc) is 2.15. The van der Waals surface area contributed by atoms with Crippen LogP contribution >= 0.6 is 0 Å². The molecule has 6 heteroatoms. The van der Waals surface area contributed by atoms with E-state index < -0.39 is 10.1 Å². The highest BCUT2D eigenvalue weighted by Gasteiger charge is 2.02. The van der Waals surface area contributed by atoms with E-state index in [4.69, 9.17) is 10.3 Å². The van der Waals surface area contributed by atoms with Crippen molar-refractivity contribution in [2.45, 2.75) is 6.42 Å². The van der Waals surface area contributed by atoms with Gasteiger partial charge in [-0.2, -0.15) is 8.42 Å². The molecule has 1 rings (SSSR count). The molecule has 0 fully saturated rings. The molecule has 90 valence electrons. The average molecular weight is 244 g/mol. The topological polar surface area (TPSA) is 92.4 Å². The summed E-state index contributed by atoms with van der Waals surface area (Å²) in [5.74, 6) is -0.260. The predicted molar refractivity (Wildman–Crippen MR) is 63.8 cm³/mol. The molecule has 0 amide bonds. The van der Waals surface area contributed by atoms with Crippen molar-refractivity contribution in [2.75, 3.05) is 24.6 Å². The largest absolute Gasteiger partial charge is 0.399 e. The molecule has 0 saturated carbocycles. The highest BCUT2D eigenvalue weighted by atomic mass is 32.2. The molecule has 0 aliphatic heterocycles. The Morgan fingerprint density at radius 1 is 1.31 bits per heavy atom. The fraction of sp³-hybridized carbons (Fsp3) is 0.400. The fourth-order valence-corrected chi connectivity index (χ4v) is 1.71. The Bertz CT molecular complexity index is 431. The second-order valence-electron chi connectivity index (χ2n) is 3.53. The van der Waals surface area contributed by atoms with E-state index in [0.29, 0.717) is 6.54 Å². The molecule has 1 aromatic carbocycles. The maximum Gasteiger partial charge on any atom is 0.266 e. The van der Waals surface area contributed by atoms with E-state index in [1.165, 1.54) is 0 Å². The number of nitrogen functional groups attached to an aromatic ring is 1. The van der Waals surface area contributed by atoms with Gasteiger partial charge in [-0.3, -0.25) is 4.55 Å². The van der Waals surface area contributed by atoms with Crippen molar-refractivity contribution in [3.8, 4) is 0 Å². The number of hydrogen-bond donors (Lipinski definition) is 3. The third kappa shape index (κ3) is 5.69. The Morgan fingerprint density at radius 2 is 2.06 bits per heavy atom. The number of anilines is 1. The van der Waals surface area contributed by atoms with Crippen molar-refractivity contribution in [3.05, 3.63) is 29.8 Å². The monoisotopic (exact) mass is 244 g/mol. The van der Waals surface area contributed by atoms with E-state index in [2.05, 4.69) is 5.32 Å². The molecule has 0 aliphatic carbocycles. The van der Waals surface area contributed by atoms with Crippen LogP contribution in [0.3, 0.4) is 0 Å².